The van der Waals surface area contributed by atoms with E-state index in [-0.39, 0.29) is 24.9 Å². The van der Waals surface area contributed by atoms with Gasteiger partial charge in [-0.2, -0.15) is 0 Å². The lowest BCUT2D eigenvalue weighted by molar-refractivity contribution is -0.163. The number of benzene rings is 1. The molecule has 0 aliphatic heterocycles. The Morgan fingerprint density at radius 3 is 2.48 bits per heavy atom. The summed E-state index contributed by atoms with van der Waals surface area (Å²) in [6, 6.07) is 8.62. The number of Topliss-reactive ketones (excluding diaryl/α,β-unsaturated/α-hetero) is 1. The zero-order chi connectivity index (χ0) is 16.9. The molecule has 0 N–H and O–H groups in total. The van der Waals surface area contributed by atoms with Gasteiger partial charge in [0.05, 0.1) is 18.3 Å². The molecule has 1 aliphatic rings. The molecular formula is C18H22O5. The predicted octanol–water partition coefficient (Wildman–Crippen LogP) is 2.92. The Bertz CT molecular complexity index is 578. The van der Waals surface area contributed by atoms with Crippen LogP contribution >= 0.6 is 0 Å². The highest BCUT2D eigenvalue weighted by Crippen LogP contribution is 2.39. The summed E-state index contributed by atoms with van der Waals surface area (Å²) < 4.78 is 10.5. The van der Waals surface area contributed by atoms with Crippen LogP contribution < -0.4 is 0 Å². The average molecular weight is 318 g/mol. The van der Waals surface area contributed by atoms with E-state index in [4.69, 9.17) is 9.47 Å². The van der Waals surface area contributed by atoms with E-state index in [1.54, 1.807) is 38.1 Å². The van der Waals surface area contributed by atoms with Crippen molar-refractivity contribution in [3.63, 3.8) is 0 Å². The summed E-state index contributed by atoms with van der Waals surface area (Å²) >= 11 is 0. The van der Waals surface area contributed by atoms with Gasteiger partial charge in [-0.05, 0) is 38.8 Å². The van der Waals surface area contributed by atoms with Crippen molar-refractivity contribution in [1.29, 1.82) is 0 Å². The normalized spacial score (nSPS) is 20.6. The van der Waals surface area contributed by atoms with Crippen LogP contribution in [0.25, 0.3) is 0 Å². The molecule has 0 radical (unpaired) electrons. The van der Waals surface area contributed by atoms with Gasteiger partial charge in [0.1, 0.15) is 11.2 Å². The SMILES string of the molecule is CC(C)OC(=O)C1(CCOC(=O)c2ccccc2)CCCC1=O. The highest BCUT2D eigenvalue weighted by molar-refractivity contribution is 6.05. The monoisotopic (exact) mass is 318 g/mol. The Hall–Kier alpha value is -2.17. The van der Waals surface area contributed by atoms with Gasteiger partial charge in [-0.1, -0.05) is 18.2 Å². The molecule has 0 bridgehead atoms. The minimum atomic E-state index is -1.15. The zero-order valence-electron chi connectivity index (χ0n) is 13.5. The largest absolute Gasteiger partial charge is 0.462 e. The van der Waals surface area contributed by atoms with Crippen LogP contribution in [0.15, 0.2) is 30.3 Å². The molecule has 1 aliphatic carbocycles. The molecule has 5 nitrogen and oxygen atoms in total. The van der Waals surface area contributed by atoms with Crippen LogP contribution in [0, 0.1) is 5.41 Å². The maximum absolute atomic E-state index is 12.4. The molecule has 23 heavy (non-hydrogen) atoms. The van der Waals surface area contributed by atoms with Crippen LogP contribution in [-0.4, -0.2) is 30.4 Å². The average Bonchev–Trinajstić information content (AvgIpc) is 2.89. The number of esters is 2. The predicted molar refractivity (Wildman–Crippen MR) is 83.9 cm³/mol. The van der Waals surface area contributed by atoms with Gasteiger partial charge in [0, 0.05) is 12.8 Å². The summed E-state index contributed by atoms with van der Waals surface area (Å²) in [4.78, 5) is 36.5. The Morgan fingerprint density at radius 2 is 1.91 bits per heavy atom. The standard InChI is InChI=1S/C18H22O5/c1-13(2)23-17(21)18(10-6-9-15(18)19)11-12-22-16(20)14-7-4-3-5-8-14/h3-5,7-8,13H,6,9-12H2,1-2H3. The van der Waals surface area contributed by atoms with E-state index in [1.165, 1.54) is 0 Å². The molecule has 0 saturated heterocycles. The first-order valence-corrected chi connectivity index (χ1v) is 7.92. The van der Waals surface area contributed by atoms with Crippen molar-refractivity contribution in [2.24, 2.45) is 5.41 Å². The van der Waals surface area contributed by atoms with Crippen molar-refractivity contribution in [2.45, 2.75) is 45.6 Å². The third kappa shape index (κ3) is 3.97. The number of rotatable bonds is 6. The molecule has 0 aromatic heterocycles. The van der Waals surface area contributed by atoms with Crippen LogP contribution in [-0.2, 0) is 19.1 Å². The van der Waals surface area contributed by atoms with Gasteiger partial charge >= 0.3 is 11.9 Å². The molecule has 1 atom stereocenters. The van der Waals surface area contributed by atoms with Crippen LogP contribution in [0.1, 0.15) is 49.9 Å². The van der Waals surface area contributed by atoms with Crippen molar-refractivity contribution in [3.8, 4) is 0 Å². The number of ether oxygens (including phenoxy) is 2. The van der Waals surface area contributed by atoms with Gasteiger partial charge < -0.3 is 9.47 Å². The Labute approximate surface area is 136 Å². The fraction of sp³-hybridized carbons (Fsp3) is 0.500. The van der Waals surface area contributed by atoms with Gasteiger partial charge in [-0.15, -0.1) is 0 Å². The minimum absolute atomic E-state index is 0.0205. The minimum Gasteiger partial charge on any atom is -0.462 e. The quantitative estimate of drug-likeness (QED) is 0.596. The molecule has 1 saturated carbocycles. The summed E-state index contributed by atoms with van der Waals surface area (Å²) in [5, 5.41) is 0. The lowest BCUT2D eigenvalue weighted by Crippen LogP contribution is -2.39. The van der Waals surface area contributed by atoms with Crippen LogP contribution in [0.2, 0.25) is 0 Å². The van der Waals surface area contributed by atoms with E-state index < -0.39 is 17.4 Å². The maximum Gasteiger partial charge on any atom is 0.338 e. The van der Waals surface area contributed by atoms with Crippen molar-refractivity contribution < 1.29 is 23.9 Å². The first-order chi connectivity index (χ1) is 11.0. The third-order valence-corrected chi connectivity index (χ3v) is 4.05. The molecule has 2 rings (SSSR count). The fourth-order valence-corrected chi connectivity index (χ4v) is 2.81. The number of carbonyl (C=O) groups is 3. The van der Waals surface area contributed by atoms with Crippen molar-refractivity contribution in [2.75, 3.05) is 6.61 Å². The van der Waals surface area contributed by atoms with E-state index in [0.717, 1.165) is 0 Å². The van der Waals surface area contributed by atoms with Gasteiger partial charge in [-0.25, -0.2) is 4.79 Å². The van der Waals surface area contributed by atoms with Gasteiger partial charge in [0.25, 0.3) is 0 Å². The fourth-order valence-electron chi connectivity index (χ4n) is 2.81. The molecule has 5 heteroatoms. The lowest BCUT2D eigenvalue weighted by atomic mass is 9.82. The second kappa shape index (κ2) is 7.40. The first kappa shape index (κ1) is 17.2. The molecular weight excluding hydrogens is 296 g/mol. The van der Waals surface area contributed by atoms with Crippen LogP contribution in [0.5, 0.6) is 0 Å². The number of carbonyl (C=O) groups excluding carboxylic acids is 3. The molecule has 1 aromatic rings. The Morgan fingerprint density at radius 1 is 1.22 bits per heavy atom. The number of ketones is 1. The molecule has 1 fully saturated rings. The molecule has 0 amide bonds. The molecule has 1 aromatic carbocycles. The second-order valence-electron chi connectivity index (χ2n) is 6.06. The van der Waals surface area contributed by atoms with E-state index in [2.05, 4.69) is 0 Å². The highest BCUT2D eigenvalue weighted by Gasteiger charge is 2.49. The summed E-state index contributed by atoms with van der Waals surface area (Å²) in [5.74, 6) is -1.06. The van der Waals surface area contributed by atoms with E-state index in [1.807, 2.05) is 6.07 Å². The van der Waals surface area contributed by atoms with Crippen molar-refractivity contribution >= 4 is 17.7 Å². The van der Waals surface area contributed by atoms with Crippen molar-refractivity contribution in [1.82, 2.24) is 0 Å². The first-order valence-electron chi connectivity index (χ1n) is 7.92. The van der Waals surface area contributed by atoms with E-state index in [0.29, 0.717) is 24.8 Å². The Balaban J connectivity index is 1.98. The van der Waals surface area contributed by atoms with E-state index >= 15 is 0 Å². The summed E-state index contributed by atoms with van der Waals surface area (Å²) in [7, 11) is 0. The summed E-state index contributed by atoms with van der Waals surface area (Å²) in [5.41, 5.74) is -0.703. The maximum atomic E-state index is 12.4. The lowest BCUT2D eigenvalue weighted by Gasteiger charge is -2.26. The van der Waals surface area contributed by atoms with Crippen LogP contribution in [0.3, 0.4) is 0 Å². The summed E-state index contributed by atoms with van der Waals surface area (Å²) in [6.07, 6.45) is 1.40. The number of hydrogen-bond donors (Lipinski definition) is 0. The van der Waals surface area contributed by atoms with Gasteiger partial charge in [-0.3, -0.25) is 9.59 Å². The topological polar surface area (TPSA) is 69.7 Å². The molecule has 124 valence electrons. The number of hydrogen-bond acceptors (Lipinski definition) is 5. The van der Waals surface area contributed by atoms with Crippen molar-refractivity contribution in [3.05, 3.63) is 35.9 Å². The Kier molecular flexibility index (Phi) is 5.53. The highest BCUT2D eigenvalue weighted by atomic mass is 16.5. The zero-order valence-corrected chi connectivity index (χ0v) is 13.5. The smallest absolute Gasteiger partial charge is 0.338 e. The van der Waals surface area contributed by atoms with E-state index in [9.17, 15) is 14.4 Å². The second-order valence-corrected chi connectivity index (χ2v) is 6.06. The molecule has 1 unspecified atom stereocenters. The molecule has 0 spiro atoms. The molecule has 0 heterocycles. The third-order valence-electron chi connectivity index (χ3n) is 4.05. The van der Waals surface area contributed by atoms with Gasteiger partial charge in [0.15, 0.2) is 0 Å². The van der Waals surface area contributed by atoms with Crippen LogP contribution in [0.4, 0.5) is 0 Å². The van der Waals surface area contributed by atoms with Gasteiger partial charge in [0.2, 0.25) is 0 Å². The summed E-state index contributed by atoms with van der Waals surface area (Å²) in [6.45, 7) is 3.52.